The summed E-state index contributed by atoms with van der Waals surface area (Å²) in [6.45, 7) is 4.84. The summed E-state index contributed by atoms with van der Waals surface area (Å²) in [6, 6.07) is 0.627. The number of nitrogens with zero attached hydrogens (tertiary/aromatic N) is 1. The number of methoxy groups -OCH3 is 1. The summed E-state index contributed by atoms with van der Waals surface area (Å²) in [5, 5.41) is 3.60. The molecule has 88 valence electrons. The third-order valence-electron chi connectivity index (χ3n) is 3.60. The largest absolute Gasteiger partial charge is 0.378 e. The van der Waals surface area contributed by atoms with Gasteiger partial charge in [-0.2, -0.15) is 0 Å². The first-order valence-electron chi connectivity index (χ1n) is 5.79. The van der Waals surface area contributed by atoms with Crippen LogP contribution in [0.2, 0.25) is 0 Å². The van der Waals surface area contributed by atoms with Crippen LogP contribution in [0, 0.1) is 0 Å². The Morgan fingerprint density at radius 1 is 1.60 bits per heavy atom. The van der Waals surface area contributed by atoms with Crippen molar-refractivity contribution in [1.82, 2.24) is 10.2 Å². The third kappa shape index (κ3) is 2.69. The summed E-state index contributed by atoms with van der Waals surface area (Å²) >= 11 is 0. The van der Waals surface area contributed by atoms with E-state index in [2.05, 4.69) is 17.3 Å². The summed E-state index contributed by atoms with van der Waals surface area (Å²) in [4.78, 5) is 2.36. The van der Waals surface area contributed by atoms with E-state index in [1.165, 1.54) is 13.0 Å². The third-order valence-corrected chi connectivity index (χ3v) is 3.60. The van der Waals surface area contributed by atoms with E-state index in [1.807, 2.05) is 0 Å². The molecule has 1 N–H and O–H groups in total. The zero-order valence-corrected chi connectivity index (χ0v) is 9.79. The minimum atomic E-state index is -0.0683. The molecular weight excluding hydrogens is 192 g/mol. The van der Waals surface area contributed by atoms with Crippen molar-refractivity contribution in [2.75, 3.05) is 47.0 Å². The highest BCUT2D eigenvalue weighted by molar-refractivity contribution is 4.90. The molecule has 0 aromatic rings. The van der Waals surface area contributed by atoms with Crippen LogP contribution in [0.15, 0.2) is 0 Å². The number of hydrogen-bond acceptors (Lipinski definition) is 4. The van der Waals surface area contributed by atoms with Gasteiger partial charge in [-0.15, -0.1) is 0 Å². The van der Waals surface area contributed by atoms with Gasteiger partial charge in [0.1, 0.15) is 5.60 Å². The van der Waals surface area contributed by atoms with Crippen molar-refractivity contribution in [3.05, 3.63) is 0 Å². The maximum atomic E-state index is 5.58. The lowest BCUT2D eigenvalue weighted by Gasteiger charge is -2.27. The summed E-state index contributed by atoms with van der Waals surface area (Å²) in [5.74, 6) is 0. The van der Waals surface area contributed by atoms with Crippen molar-refractivity contribution >= 4 is 0 Å². The molecule has 0 amide bonds. The van der Waals surface area contributed by atoms with Crippen LogP contribution in [0.5, 0.6) is 0 Å². The fourth-order valence-electron chi connectivity index (χ4n) is 2.39. The van der Waals surface area contributed by atoms with E-state index in [9.17, 15) is 0 Å². The normalized spacial score (nSPS) is 37.6. The molecule has 0 radical (unpaired) electrons. The summed E-state index contributed by atoms with van der Waals surface area (Å²) in [6.07, 6.45) is 2.26. The second-order valence-corrected chi connectivity index (χ2v) is 4.82. The first-order valence-corrected chi connectivity index (χ1v) is 5.79. The van der Waals surface area contributed by atoms with Crippen molar-refractivity contribution in [3.8, 4) is 0 Å². The fraction of sp³-hybridized carbons (Fsp3) is 1.00. The molecule has 2 aliphatic heterocycles. The number of rotatable bonds is 4. The maximum absolute atomic E-state index is 5.58. The van der Waals surface area contributed by atoms with Crippen molar-refractivity contribution in [1.29, 1.82) is 0 Å². The first-order chi connectivity index (χ1) is 7.24. The lowest BCUT2D eigenvalue weighted by molar-refractivity contribution is -0.0172. The van der Waals surface area contributed by atoms with Gasteiger partial charge in [0.05, 0.1) is 6.61 Å². The van der Waals surface area contributed by atoms with Gasteiger partial charge in [0.25, 0.3) is 0 Å². The van der Waals surface area contributed by atoms with Crippen molar-refractivity contribution in [2.24, 2.45) is 0 Å². The van der Waals surface area contributed by atoms with Gasteiger partial charge < -0.3 is 19.7 Å². The van der Waals surface area contributed by atoms with Crippen LogP contribution in [0.3, 0.4) is 0 Å². The Bertz CT molecular complexity index is 205. The summed E-state index contributed by atoms with van der Waals surface area (Å²) in [5.41, 5.74) is -0.0683. The summed E-state index contributed by atoms with van der Waals surface area (Å²) < 4.78 is 11.0. The average Bonchev–Trinajstić information content (AvgIpc) is 2.85. The number of likely N-dealkylation sites (N-methyl/N-ethyl adjacent to an activating group) is 1. The highest BCUT2D eigenvalue weighted by atomic mass is 16.5. The molecule has 0 bridgehead atoms. The van der Waals surface area contributed by atoms with Crippen LogP contribution in [0.1, 0.15) is 12.8 Å². The molecule has 2 fully saturated rings. The molecule has 2 atom stereocenters. The smallest absolute Gasteiger partial charge is 0.106 e. The predicted molar refractivity (Wildman–Crippen MR) is 59.1 cm³/mol. The molecule has 0 aromatic heterocycles. The SMILES string of the molecule is COC1(CNC2CCN(C)C2)CCOC1. The minimum absolute atomic E-state index is 0.0683. The molecule has 4 heteroatoms. The first kappa shape index (κ1) is 11.3. The van der Waals surface area contributed by atoms with Crippen LogP contribution in [-0.2, 0) is 9.47 Å². The molecule has 2 rings (SSSR count). The van der Waals surface area contributed by atoms with Gasteiger partial charge in [-0.1, -0.05) is 0 Å². The highest BCUT2D eigenvalue weighted by Crippen LogP contribution is 2.22. The molecule has 0 aromatic carbocycles. The van der Waals surface area contributed by atoms with Crippen LogP contribution in [0.4, 0.5) is 0 Å². The average molecular weight is 214 g/mol. The van der Waals surface area contributed by atoms with E-state index >= 15 is 0 Å². The van der Waals surface area contributed by atoms with E-state index in [1.54, 1.807) is 7.11 Å². The van der Waals surface area contributed by atoms with Gasteiger partial charge >= 0.3 is 0 Å². The number of nitrogens with one attached hydrogen (secondary N) is 1. The van der Waals surface area contributed by atoms with Gasteiger partial charge in [0.2, 0.25) is 0 Å². The molecule has 4 nitrogen and oxygen atoms in total. The Hall–Kier alpha value is -0.160. The van der Waals surface area contributed by atoms with Gasteiger partial charge in [0.15, 0.2) is 0 Å². The Morgan fingerprint density at radius 2 is 2.47 bits per heavy atom. The number of hydrogen-bond donors (Lipinski definition) is 1. The van der Waals surface area contributed by atoms with Gasteiger partial charge in [-0.3, -0.25) is 0 Å². The maximum Gasteiger partial charge on any atom is 0.106 e. The van der Waals surface area contributed by atoms with Gasteiger partial charge in [-0.05, 0) is 20.0 Å². The van der Waals surface area contributed by atoms with E-state index in [0.29, 0.717) is 6.04 Å². The van der Waals surface area contributed by atoms with Gasteiger partial charge in [-0.25, -0.2) is 0 Å². The monoisotopic (exact) mass is 214 g/mol. The Morgan fingerprint density at radius 3 is 3.00 bits per heavy atom. The number of likely N-dealkylation sites (tertiary alicyclic amines) is 1. The quantitative estimate of drug-likeness (QED) is 0.719. The zero-order valence-electron chi connectivity index (χ0n) is 9.79. The summed E-state index contributed by atoms with van der Waals surface area (Å²) in [7, 11) is 3.96. The molecule has 0 spiro atoms. The Balaban J connectivity index is 1.76. The van der Waals surface area contributed by atoms with E-state index < -0.39 is 0 Å². The van der Waals surface area contributed by atoms with E-state index in [-0.39, 0.29) is 5.60 Å². The molecule has 15 heavy (non-hydrogen) atoms. The molecule has 2 aliphatic rings. The predicted octanol–water partition coefficient (Wildman–Crippen LogP) is 0.0856. The molecule has 0 aliphatic carbocycles. The van der Waals surface area contributed by atoms with Crippen LogP contribution in [0.25, 0.3) is 0 Å². The van der Waals surface area contributed by atoms with Crippen LogP contribution < -0.4 is 5.32 Å². The van der Waals surface area contributed by atoms with E-state index in [4.69, 9.17) is 9.47 Å². The second-order valence-electron chi connectivity index (χ2n) is 4.82. The molecule has 0 saturated carbocycles. The molecule has 2 heterocycles. The van der Waals surface area contributed by atoms with E-state index in [0.717, 1.165) is 32.7 Å². The molecule has 2 unspecified atom stereocenters. The molecular formula is C11H22N2O2. The topological polar surface area (TPSA) is 33.7 Å². The van der Waals surface area contributed by atoms with Crippen LogP contribution in [-0.4, -0.2) is 63.5 Å². The van der Waals surface area contributed by atoms with Crippen molar-refractivity contribution in [3.63, 3.8) is 0 Å². The lowest BCUT2D eigenvalue weighted by Crippen LogP contribution is -2.47. The lowest BCUT2D eigenvalue weighted by atomic mass is 10.0. The Kier molecular flexibility index (Phi) is 3.61. The highest BCUT2D eigenvalue weighted by Gasteiger charge is 2.35. The van der Waals surface area contributed by atoms with Crippen molar-refractivity contribution < 1.29 is 9.47 Å². The standard InChI is InChI=1S/C11H22N2O2/c1-13-5-3-10(7-13)12-8-11(14-2)4-6-15-9-11/h10,12H,3-9H2,1-2H3. The van der Waals surface area contributed by atoms with Crippen LogP contribution >= 0.6 is 0 Å². The second kappa shape index (κ2) is 4.78. The van der Waals surface area contributed by atoms with Crippen molar-refractivity contribution in [2.45, 2.75) is 24.5 Å². The number of ether oxygens (including phenoxy) is 2. The fourth-order valence-corrected chi connectivity index (χ4v) is 2.39. The zero-order chi connectivity index (χ0) is 10.7. The van der Waals surface area contributed by atoms with Gasteiger partial charge in [0, 0.05) is 39.3 Å². The minimum Gasteiger partial charge on any atom is -0.378 e. The molecule has 2 saturated heterocycles. The Labute approximate surface area is 91.9 Å².